The number of hydrogen-bond acceptors (Lipinski definition) is 8. The molecule has 5 atom stereocenters. The van der Waals surface area contributed by atoms with E-state index in [2.05, 4.69) is 31.9 Å². The summed E-state index contributed by atoms with van der Waals surface area (Å²) in [6.45, 7) is 0. The number of rotatable bonds is 13. The van der Waals surface area contributed by atoms with Crippen LogP contribution in [0.15, 0.2) is 164 Å². The molecular formula is C56H57N7O8. The monoisotopic (exact) mass is 955 g/mol. The third-order valence-corrected chi connectivity index (χ3v) is 12.2. The lowest BCUT2D eigenvalue weighted by Gasteiger charge is -2.27. The van der Waals surface area contributed by atoms with Crippen molar-refractivity contribution in [3.8, 4) is 11.1 Å². The van der Waals surface area contributed by atoms with E-state index in [9.17, 15) is 38.7 Å². The number of carbonyl (C=O) groups is 7. The second-order valence-corrected chi connectivity index (χ2v) is 17.6. The first-order valence-corrected chi connectivity index (χ1v) is 23.5. The van der Waals surface area contributed by atoms with Crippen molar-refractivity contribution >= 4 is 52.8 Å². The van der Waals surface area contributed by atoms with Gasteiger partial charge in [-0.2, -0.15) is 0 Å². The highest BCUT2D eigenvalue weighted by Gasteiger charge is 2.33. The number of nitrogen functional groups attached to an aromatic ring is 1. The number of aliphatic carboxylic acids is 1. The van der Waals surface area contributed by atoms with E-state index in [1.54, 1.807) is 78.9 Å². The lowest BCUT2D eigenvalue weighted by atomic mass is 9.98. The van der Waals surface area contributed by atoms with Crippen LogP contribution in [0.25, 0.3) is 11.1 Å². The average Bonchev–Trinajstić information content (AvgIpc) is 3.38. The van der Waals surface area contributed by atoms with Gasteiger partial charge in [0.05, 0.1) is 0 Å². The molecular weight excluding hydrogens is 899 g/mol. The first-order chi connectivity index (χ1) is 34.3. The summed E-state index contributed by atoms with van der Waals surface area (Å²) in [5.74, 6) is -5.25. The zero-order chi connectivity index (χ0) is 50.1. The van der Waals surface area contributed by atoms with Crippen LogP contribution < -0.4 is 37.6 Å². The average molecular weight is 956 g/mol. The Morgan fingerprint density at radius 3 is 1.66 bits per heavy atom. The predicted octanol–water partition coefficient (Wildman–Crippen LogP) is 5.08. The van der Waals surface area contributed by atoms with E-state index in [-0.39, 0.29) is 44.9 Å². The topological polar surface area (TPSA) is 238 Å². The number of aryl methyl sites for hydroxylation is 1. The van der Waals surface area contributed by atoms with E-state index in [1.807, 2.05) is 84.9 Å². The van der Waals surface area contributed by atoms with Crippen LogP contribution in [0.2, 0.25) is 0 Å². The first kappa shape index (κ1) is 50.3. The fourth-order valence-corrected chi connectivity index (χ4v) is 8.26. The van der Waals surface area contributed by atoms with Crippen LogP contribution in [0.5, 0.6) is 0 Å². The highest BCUT2D eigenvalue weighted by Crippen LogP contribution is 2.21. The predicted molar refractivity (Wildman–Crippen MR) is 270 cm³/mol. The van der Waals surface area contributed by atoms with Gasteiger partial charge in [-0.1, -0.05) is 140 Å². The minimum atomic E-state index is -1.39. The molecule has 0 radical (unpaired) electrons. The summed E-state index contributed by atoms with van der Waals surface area (Å²) in [7, 11) is 0. The summed E-state index contributed by atoms with van der Waals surface area (Å²) in [6.07, 6.45) is -0.133. The molecule has 9 N–H and O–H groups in total. The zero-order valence-electron chi connectivity index (χ0n) is 39.0. The number of benzene rings is 6. The van der Waals surface area contributed by atoms with Gasteiger partial charge in [-0.3, -0.25) is 28.8 Å². The van der Waals surface area contributed by atoms with Gasteiger partial charge in [-0.25, -0.2) is 4.79 Å². The zero-order valence-corrected chi connectivity index (χ0v) is 39.0. The van der Waals surface area contributed by atoms with Gasteiger partial charge in [0.25, 0.3) is 0 Å². The number of fused-ring (bicyclic) bond motifs is 18. The molecule has 71 heavy (non-hydrogen) atoms. The maximum atomic E-state index is 14.8. The van der Waals surface area contributed by atoms with Gasteiger partial charge in [0.1, 0.15) is 30.2 Å². The normalized spacial score (nSPS) is 18.6. The summed E-state index contributed by atoms with van der Waals surface area (Å²) in [5, 5.41) is 27.0. The van der Waals surface area contributed by atoms with Crippen molar-refractivity contribution in [2.24, 2.45) is 0 Å². The SMILES string of the molecule is Nc1ccc(CC(NC(=O)C2Cc3ccc(cc3)NC(=O)CCC(=O)NC(CCc3ccccc3)C(=O)NC(Cc3ccc(-c4ccccc4)cc3)C(=O)NC(Cc3ccccc3)C(=O)N2)C(=O)O)cc1. The lowest BCUT2D eigenvalue weighted by molar-refractivity contribution is -0.142. The van der Waals surface area contributed by atoms with E-state index < -0.39 is 71.6 Å². The molecule has 2 aliphatic rings. The number of carboxylic acids is 1. The minimum Gasteiger partial charge on any atom is -0.480 e. The number of amides is 6. The first-order valence-electron chi connectivity index (χ1n) is 23.5. The Morgan fingerprint density at radius 1 is 0.549 bits per heavy atom. The third kappa shape index (κ3) is 15.2. The maximum absolute atomic E-state index is 14.8. The second-order valence-electron chi connectivity index (χ2n) is 17.6. The van der Waals surface area contributed by atoms with Gasteiger partial charge >= 0.3 is 5.97 Å². The van der Waals surface area contributed by atoms with E-state index >= 15 is 0 Å². The largest absolute Gasteiger partial charge is 0.480 e. The molecule has 8 rings (SSSR count). The van der Waals surface area contributed by atoms with Crippen molar-refractivity contribution in [1.29, 1.82) is 0 Å². The highest BCUT2D eigenvalue weighted by molar-refractivity contribution is 5.97. The Morgan fingerprint density at radius 2 is 1.06 bits per heavy atom. The third-order valence-electron chi connectivity index (χ3n) is 12.2. The van der Waals surface area contributed by atoms with Crippen molar-refractivity contribution in [3.63, 3.8) is 0 Å². The fourth-order valence-electron chi connectivity index (χ4n) is 8.26. The smallest absolute Gasteiger partial charge is 0.326 e. The molecule has 0 aromatic heterocycles. The van der Waals surface area contributed by atoms with E-state index in [1.165, 1.54) is 0 Å². The van der Waals surface area contributed by atoms with Crippen molar-refractivity contribution in [3.05, 3.63) is 192 Å². The van der Waals surface area contributed by atoms with Gasteiger partial charge in [0, 0.05) is 49.9 Å². The van der Waals surface area contributed by atoms with Gasteiger partial charge in [-0.05, 0) is 76.1 Å². The van der Waals surface area contributed by atoms with Crippen molar-refractivity contribution in [1.82, 2.24) is 26.6 Å². The van der Waals surface area contributed by atoms with Gasteiger partial charge < -0.3 is 42.7 Å². The molecule has 6 aromatic rings. The molecule has 0 spiro atoms. The molecule has 15 heteroatoms. The molecule has 364 valence electrons. The highest BCUT2D eigenvalue weighted by atomic mass is 16.4. The number of anilines is 2. The van der Waals surface area contributed by atoms with Gasteiger partial charge in [-0.15, -0.1) is 0 Å². The molecule has 6 amide bonds. The summed E-state index contributed by atoms with van der Waals surface area (Å²) < 4.78 is 0. The van der Waals surface area contributed by atoms with Gasteiger partial charge in [0.15, 0.2) is 0 Å². The summed E-state index contributed by atoms with van der Waals surface area (Å²) in [4.78, 5) is 97.5. The Labute approximate surface area is 412 Å². The minimum absolute atomic E-state index is 0.0166. The lowest BCUT2D eigenvalue weighted by Crippen LogP contribution is -2.60. The molecule has 2 heterocycles. The van der Waals surface area contributed by atoms with Crippen LogP contribution >= 0.6 is 0 Å². The Kier molecular flexibility index (Phi) is 17.4. The summed E-state index contributed by atoms with van der Waals surface area (Å²) >= 11 is 0. The van der Waals surface area contributed by atoms with Crippen molar-refractivity contribution in [2.45, 2.75) is 81.6 Å². The Balaban J connectivity index is 1.23. The van der Waals surface area contributed by atoms with Crippen LogP contribution in [0.1, 0.15) is 47.1 Å². The molecule has 0 aliphatic carbocycles. The molecule has 2 aliphatic heterocycles. The number of nitrogens with two attached hydrogens (primary N) is 1. The number of nitrogens with one attached hydrogen (secondary N) is 6. The standard InChI is InChI=1S/C56H57N7O8/c57-43-25-18-39(19-26-43)35-49(56(70)71)63-55(69)48-34-40-20-27-44(28-21-40)58-50(64)30-31-51(65)59-45(29-22-36-10-4-1-5-11-36)52(66)60-47(33-38-16-23-42(24-17-38)41-14-8-3-9-15-41)54(68)61-46(53(67)62-48)32-37-12-6-2-7-13-37/h1-21,23-28,45-49H,22,29-35,57H2,(H,58,64)(H,59,65)(H,60,66)(H,61,68)(H,62,67)(H,63,69)(H,70,71). The number of carbonyl (C=O) groups excluding carboxylic acids is 6. The fraction of sp³-hybridized carbons (Fsp3) is 0.232. The molecule has 0 fully saturated rings. The Bertz CT molecular complexity index is 2780. The maximum Gasteiger partial charge on any atom is 0.326 e. The molecule has 5 unspecified atom stereocenters. The summed E-state index contributed by atoms with van der Waals surface area (Å²) in [6, 6.07) is 42.2. The van der Waals surface area contributed by atoms with Crippen LogP contribution in [-0.4, -0.2) is 76.7 Å². The van der Waals surface area contributed by atoms with E-state index in [4.69, 9.17) is 5.73 Å². The molecule has 0 saturated carbocycles. The second kappa shape index (κ2) is 24.6. The van der Waals surface area contributed by atoms with Crippen LogP contribution in [0.3, 0.4) is 0 Å². The van der Waals surface area contributed by atoms with Crippen LogP contribution in [0.4, 0.5) is 11.4 Å². The molecule has 0 saturated heterocycles. The summed E-state index contributed by atoms with van der Waals surface area (Å²) in [5.41, 5.74) is 12.1. The number of hydrogen-bond donors (Lipinski definition) is 8. The Hall–Kier alpha value is -8.59. The molecule has 2 bridgehead atoms. The van der Waals surface area contributed by atoms with E-state index in [0.717, 1.165) is 16.7 Å². The molecule has 15 nitrogen and oxygen atoms in total. The van der Waals surface area contributed by atoms with Crippen molar-refractivity contribution < 1.29 is 38.7 Å². The van der Waals surface area contributed by atoms with Crippen LogP contribution in [0, 0.1) is 0 Å². The molecule has 6 aromatic carbocycles. The quantitative estimate of drug-likeness (QED) is 0.0569. The number of carboxylic acid groups (broad SMARTS) is 1. The van der Waals surface area contributed by atoms with Crippen molar-refractivity contribution in [2.75, 3.05) is 11.1 Å². The van der Waals surface area contributed by atoms with Crippen LogP contribution in [-0.2, 0) is 65.7 Å². The van der Waals surface area contributed by atoms with Gasteiger partial charge in [0.2, 0.25) is 35.4 Å². The van der Waals surface area contributed by atoms with E-state index in [0.29, 0.717) is 40.0 Å².